The van der Waals surface area contributed by atoms with Gasteiger partial charge in [0, 0.05) is 41.2 Å². The highest BCUT2D eigenvalue weighted by atomic mass is 28.4. The topological polar surface area (TPSA) is 363 Å². The van der Waals surface area contributed by atoms with Crippen molar-refractivity contribution in [1.29, 1.82) is 0 Å². The molecule has 1 N–H and O–H groups in total. The third kappa shape index (κ3) is 26.6. The summed E-state index contributed by atoms with van der Waals surface area (Å²) < 4.78 is 117. The summed E-state index contributed by atoms with van der Waals surface area (Å²) in [6.07, 6.45) is -11.6. The summed E-state index contributed by atoms with van der Waals surface area (Å²) >= 11 is 0. The van der Waals surface area contributed by atoms with Gasteiger partial charge in [0.25, 0.3) is 23.6 Å². The van der Waals surface area contributed by atoms with E-state index in [1.807, 2.05) is 102 Å². The van der Waals surface area contributed by atoms with E-state index in [0.717, 1.165) is 82.4 Å². The third-order valence-corrected chi connectivity index (χ3v) is 40.3. The second-order valence-electron chi connectivity index (χ2n) is 39.8. The number of esters is 6. The van der Waals surface area contributed by atoms with Gasteiger partial charge in [-0.25, -0.2) is 9.59 Å². The van der Waals surface area contributed by atoms with E-state index in [1.54, 1.807) is 67.6 Å². The average molecular weight is 1910 g/mol. The number of carbonyl (C=O) groups is 11. The van der Waals surface area contributed by atoms with E-state index in [2.05, 4.69) is 24.4 Å². The fourth-order valence-corrected chi connectivity index (χ4v) is 19.7. The van der Waals surface area contributed by atoms with Crippen molar-refractivity contribution in [2.45, 2.75) is 371 Å². The van der Waals surface area contributed by atoms with Crippen molar-refractivity contribution in [3.05, 3.63) is 155 Å². The molecule has 31 nitrogen and oxygen atoms in total. The molecule has 4 aromatic rings. The van der Waals surface area contributed by atoms with E-state index in [0.29, 0.717) is 12.8 Å². The van der Waals surface area contributed by atoms with E-state index < -0.39 is 241 Å². The number of methoxy groups -OCH3 is 1. The largest absolute Gasteiger partial charge is 0.457 e. The monoisotopic (exact) mass is 1900 g/mol. The highest BCUT2D eigenvalue weighted by Gasteiger charge is 2.65. The molecule has 0 aliphatic carbocycles. The predicted molar refractivity (Wildman–Crippen MR) is 498 cm³/mol. The molecule has 34 heteroatoms. The molecule has 4 saturated heterocycles. The van der Waals surface area contributed by atoms with E-state index in [-0.39, 0.29) is 46.4 Å². The van der Waals surface area contributed by atoms with Crippen LogP contribution >= 0.6 is 0 Å². The predicted octanol–water partition coefficient (Wildman–Crippen LogP) is 15.8. The quantitative estimate of drug-likeness (QED) is 0.0107. The number of fused-ring (bicyclic) bond motifs is 2. The summed E-state index contributed by atoms with van der Waals surface area (Å²) in [5.74, 6) is -9.61. The van der Waals surface area contributed by atoms with E-state index in [4.69, 9.17) is 79.6 Å². The Balaban J connectivity index is 1.14. The molecular formula is C99H141N3O28Si3. The molecule has 5 amide bonds. The fraction of sp³-hybridized carbons (Fsp3) is 0.626. The lowest BCUT2D eigenvalue weighted by atomic mass is 9.92. The SMILES string of the molecule is CCCCCC/C=C\CCCCCCCCCC(=O)N[C@H]1[C@H](O[C@H]2[C@H](OC(C)=O)[C@@H](N3C(=O)c4ccccc4C3=O)[C@H](O[C@H]3[C@H](OC(C)=O)[C@@H](N4C(=O)c5ccccc5C4=O)[C@H](O[Si](C)(C)C(C)(C)C)O[C@@H]3CO[C@@H]3O[C@@H](C)[C@@H](OC(=O)c4ccccc4)[C@@H](OC(=O)c4ccccc4)[C@@H]3OC)O[C@@H]2CO[Si](C)(C)C(C)(C)C)O[C@H](CO[Si](C)(C)C(C)(C)C)[C@@H](OC(C)=O)[C@@H]1OC(C)=O. The first kappa shape index (κ1) is 106. The molecule has 20 atom stereocenters. The summed E-state index contributed by atoms with van der Waals surface area (Å²) in [4.78, 5) is 166. The van der Waals surface area contributed by atoms with E-state index in [1.165, 1.54) is 81.3 Å². The Hall–Kier alpha value is -8.60. The molecule has 0 radical (unpaired) electrons. The molecule has 0 aromatic heterocycles. The number of ether oxygens (including phenoxy) is 14. The van der Waals surface area contributed by atoms with Crippen molar-refractivity contribution < 1.29 is 132 Å². The Morgan fingerprint density at radius 3 is 1.20 bits per heavy atom. The number of allylic oxidation sites excluding steroid dienone is 2. The standard InChI is InChI=1S/C99H141N3O28Si3/c1-23-24-25-26-27-28-29-30-31-32-33-34-35-36-43-56-74(107)100-75-82(120-62(4)104)79(119-61(3)103)72(58-116-131(17,18)97(7,8)9)123-93(75)128-81-73(59-117-132(19,20)98(10,11)12)124-94(76(83(81)121-63(5)105)101-87(108)67-52-44-45-53-68(67)88(101)109)129-80-71(125-95(130-133(21,22)99(13,14)15)77(84(80)122-64(6)106)102-89(110)69-54-46-47-55-70(69)90(102)111)57-115-96-86(114-16)85(127-92(113)66-50-41-38-42-51-66)78(60(2)118-96)126-91(112)65-48-39-37-40-49-65/h28-29,37-42,44-55,60,71-73,75-86,93-96H,23-27,30-36,43,56-59H2,1-22H3,(H,100,107)/b29-28-/t60-,71+,72+,73+,75+,76+,77+,78+,79+,80+,81+,82+,83+,84+,85+,86-,93-,94-,95-,96+/m0/s1. The van der Waals surface area contributed by atoms with Gasteiger partial charge in [-0.2, -0.15) is 0 Å². The Morgan fingerprint density at radius 2 is 0.767 bits per heavy atom. The molecule has 10 rings (SSSR count). The van der Waals surface area contributed by atoms with Crippen molar-refractivity contribution >= 4 is 90.3 Å². The first-order chi connectivity index (χ1) is 62.7. The second kappa shape index (κ2) is 46.5. The number of carbonyl (C=O) groups excluding carboxylic acids is 11. The number of hydrogen-bond acceptors (Lipinski definition) is 28. The van der Waals surface area contributed by atoms with Gasteiger partial charge in [-0.15, -0.1) is 0 Å². The number of nitrogens with zero attached hydrogens (tertiary/aromatic N) is 2. The smallest absolute Gasteiger partial charge is 0.338 e. The maximum Gasteiger partial charge on any atom is 0.338 e. The minimum absolute atomic E-state index is 0.0355. The molecule has 4 aromatic carbocycles. The van der Waals surface area contributed by atoms with Crippen LogP contribution in [0.15, 0.2) is 121 Å². The first-order valence-corrected chi connectivity index (χ1v) is 55.6. The third-order valence-electron chi connectivity index (χ3n) is 26.9. The van der Waals surface area contributed by atoms with Crippen LogP contribution in [0.25, 0.3) is 0 Å². The number of nitrogens with one attached hydrogen (secondary N) is 1. The summed E-state index contributed by atoms with van der Waals surface area (Å²) in [6, 6.07) is 22.5. The lowest BCUT2D eigenvalue weighted by molar-refractivity contribution is -0.361. The second-order valence-corrected chi connectivity index (χ2v) is 54.2. The van der Waals surface area contributed by atoms with Gasteiger partial charge >= 0.3 is 35.8 Å². The van der Waals surface area contributed by atoms with Gasteiger partial charge in [0.2, 0.25) is 5.91 Å². The molecule has 0 spiro atoms. The minimum Gasteiger partial charge on any atom is -0.457 e. The maximum atomic E-state index is 16.0. The summed E-state index contributed by atoms with van der Waals surface area (Å²) in [5, 5.41) is 1.39. The summed E-state index contributed by atoms with van der Waals surface area (Å²) in [7, 11) is -7.92. The highest BCUT2D eigenvalue weighted by Crippen LogP contribution is 2.47. The molecule has 6 aliphatic rings. The Bertz CT molecular complexity index is 4620. The Labute approximate surface area is 786 Å². The van der Waals surface area contributed by atoms with E-state index in [9.17, 15) is 28.8 Å². The van der Waals surface area contributed by atoms with Crippen LogP contribution in [-0.2, 0) is 104 Å². The Morgan fingerprint density at radius 1 is 0.398 bits per heavy atom. The van der Waals surface area contributed by atoms with Gasteiger partial charge in [0.05, 0.1) is 59.3 Å². The molecule has 0 unspecified atom stereocenters. The number of unbranched alkanes of at least 4 members (excludes halogenated alkanes) is 11. The molecule has 133 heavy (non-hydrogen) atoms. The zero-order valence-corrected chi connectivity index (χ0v) is 84.4. The van der Waals surface area contributed by atoms with Gasteiger partial charge in [-0.1, -0.05) is 193 Å². The fourth-order valence-electron chi connectivity index (χ4n) is 16.5. The van der Waals surface area contributed by atoms with Crippen LogP contribution in [0.5, 0.6) is 0 Å². The Kier molecular flexibility index (Phi) is 37.2. The van der Waals surface area contributed by atoms with Crippen LogP contribution in [0.2, 0.25) is 54.4 Å². The molecule has 0 bridgehead atoms. The van der Waals surface area contributed by atoms with Crippen LogP contribution in [0.1, 0.15) is 256 Å². The van der Waals surface area contributed by atoms with Crippen molar-refractivity contribution in [1.82, 2.24) is 15.1 Å². The highest BCUT2D eigenvalue weighted by molar-refractivity contribution is 6.75. The lowest BCUT2D eigenvalue weighted by Gasteiger charge is -2.54. The normalized spacial score (nSPS) is 27.1. The van der Waals surface area contributed by atoms with Crippen LogP contribution in [0.4, 0.5) is 0 Å². The van der Waals surface area contributed by atoms with Crippen molar-refractivity contribution in [3.8, 4) is 0 Å². The number of hydrogen-bond donors (Lipinski definition) is 1. The molecular weight excluding hydrogens is 1760 g/mol. The van der Waals surface area contributed by atoms with Gasteiger partial charge < -0.3 is 84.9 Å². The molecule has 6 aliphatic heterocycles. The van der Waals surface area contributed by atoms with Crippen LogP contribution in [0.3, 0.4) is 0 Å². The van der Waals surface area contributed by atoms with Gasteiger partial charge in [0.15, 0.2) is 86.7 Å². The van der Waals surface area contributed by atoms with Crippen LogP contribution in [0, 0.1) is 0 Å². The van der Waals surface area contributed by atoms with Crippen molar-refractivity contribution in [3.63, 3.8) is 0 Å². The molecule has 4 fully saturated rings. The van der Waals surface area contributed by atoms with Crippen molar-refractivity contribution in [2.75, 3.05) is 26.9 Å². The zero-order valence-electron chi connectivity index (χ0n) is 81.4. The minimum atomic E-state index is -3.31. The van der Waals surface area contributed by atoms with Crippen molar-refractivity contribution in [2.24, 2.45) is 0 Å². The van der Waals surface area contributed by atoms with Crippen LogP contribution < -0.4 is 5.32 Å². The molecule has 732 valence electrons. The zero-order chi connectivity index (χ0) is 97.4. The lowest BCUT2D eigenvalue weighted by Crippen LogP contribution is -2.73. The van der Waals surface area contributed by atoms with E-state index >= 15 is 24.0 Å². The summed E-state index contributed by atoms with van der Waals surface area (Å²) in [5.41, 5.74) is -0.0353. The van der Waals surface area contributed by atoms with Gasteiger partial charge in [0.1, 0.15) is 54.7 Å². The molecule has 6 heterocycles. The van der Waals surface area contributed by atoms with Crippen LogP contribution in [-0.4, -0.2) is 250 Å². The average Bonchev–Trinajstić information content (AvgIpc) is 1.66. The van der Waals surface area contributed by atoms with Gasteiger partial charge in [-0.05, 0) is 142 Å². The van der Waals surface area contributed by atoms with Gasteiger partial charge in [-0.3, -0.25) is 53.0 Å². The molecule has 0 saturated carbocycles. The summed E-state index contributed by atoms with van der Waals surface area (Å²) in [6.45, 7) is 36.1. The number of amides is 5. The maximum absolute atomic E-state index is 16.0. The first-order valence-electron chi connectivity index (χ1n) is 46.8. The number of rotatable bonds is 42. The number of imide groups is 2. The number of benzene rings is 4.